The van der Waals surface area contributed by atoms with E-state index in [1.807, 2.05) is 0 Å². The van der Waals surface area contributed by atoms with Crippen molar-refractivity contribution < 1.29 is 0 Å². The maximum Gasteiger partial charge on any atom is 0.181 e. The summed E-state index contributed by atoms with van der Waals surface area (Å²) in [6.07, 6.45) is 4.40. The van der Waals surface area contributed by atoms with E-state index in [9.17, 15) is 0 Å². The van der Waals surface area contributed by atoms with E-state index in [1.54, 1.807) is 18.0 Å². The predicted octanol–water partition coefficient (Wildman–Crippen LogP) is 1.85. The first-order chi connectivity index (χ1) is 6.40. The first-order valence-corrected chi connectivity index (χ1v) is 5.17. The van der Waals surface area contributed by atoms with Crippen LogP contribution in [0.25, 0.3) is 11.2 Å². The minimum Gasteiger partial charge on any atom is -0.330 e. The largest absolute Gasteiger partial charge is 0.330 e. The summed E-state index contributed by atoms with van der Waals surface area (Å²) in [6.45, 7) is 2.15. The minimum absolute atomic E-state index is 0.744. The van der Waals surface area contributed by atoms with E-state index in [4.69, 9.17) is 0 Å². The van der Waals surface area contributed by atoms with Crippen LogP contribution in [-0.2, 0) is 0 Å². The number of hydrogen-bond acceptors (Lipinski definition) is 4. The van der Waals surface area contributed by atoms with Crippen molar-refractivity contribution in [1.29, 1.82) is 0 Å². The molecule has 13 heavy (non-hydrogen) atoms. The second kappa shape index (κ2) is 3.74. The number of aromatic nitrogens is 4. The molecule has 0 saturated heterocycles. The van der Waals surface area contributed by atoms with Crippen molar-refractivity contribution in [3.63, 3.8) is 0 Å². The summed E-state index contributed by atoms with van der Waals surface area (Å²) in [5.41, 5.74) is 1.65. The van der Waals surface area contributed by atoms with Crippen molar-refractivity contribution in [3.8, 4) is 0 Å². The summed E-state index contributed by atoms with van der Waals surface area (Å²) >= 11 is 1.71. The Kier molecular flexibility index (Phi) is 2.44. The summed E-state index contributed by atoms with van der Waals surface area (Å²) in [5, 5.41) is 0.928. The van der Waals surface area contributed by atoms with Crippen LogP contribution in [0.4, 0.5) is 0 Å². The van der Waals surface area contributed by atoms with E-state index in [-0.39, 0.29) is 0 Å². The average molecular weight is 194 g/mol. The van der Waals surface area contributed by atoms with Gasteiger partial charge in [0.15, 0.2) is 10.8 Å². The average Bonchev–Trinajstić information content (AvgIpc) is 2.57. The van der Waals surface area contributed by atoms with Crippen LogP contribution in [-0.4, -0.2) is 25.7 Å². The third-order valence-corrected chi connectivity index (χ3v) is 2.66. The Morgan fingerprint density at radius 3 is 3.23 bits per heavy atom. The first kappa shape index (κ1) is 8.50. The van der Waals surface area contributed by atoms with Crippen LogP contribution in [0.1, 0.15) is 13.3 Å². The van der Waals surface area contributed by atoms with Crippen molar-refractivity contribution in [2.24, 2.45) is 0 Å². The van der Waals surface area contributed by atoms with Gasteiger partial charge >= 0.3 is 0 Å². The lowest BCUT2D eigenvalue weighted by Crippen LogP contribution is -1.77. The third-order valence-electron chi connectivity index (χ3n) is 1.58. The Bertz CT molecular complexity index is 365. The molecule has 1 N–H and O–H groups in total. The van der Waals surface area contributed by atoms with Gasteiger partial charge in [-0.1, -0.05) is 18.7 Å². The van der Waals surface area contributed by atoms with Gasteiger partial charge in [0.25, 0.3) is 0 Å². The monoisotopic (exact) mass is 194 g/mol. The molecule has 0 atom stereocenters. The molecule has 0 saturated carbocycles. The molecule has 0 aliphatic heterocycles. The molecule has 2 aromatic rings. The summed E-state index contributed by atoms with van der Waals surface area (Å²) in [4.78, 5) is 15.4. The normalized spacial score (nSPS) is 10.8. The summed E-state index contributed by atoms with van der Waals surface area (Å²) in [5.74, 6) is 1.08. The molecule has 2 heterocycles. The number of hydrogen-bond donors (Lipinski definition) is 1. The van der Waals surface area contributed by atoms with Crippen LogP contribution in [0.3, 0.4) is 0 Å². The van der Waals surface area contributed by atoms with E-state index in [2.05, 4.69) is 26.9 Å². The fourth-order valence-corrected chi connectivity index (χ4v) is 1.74. The smallest absolute Gasteiger partial charge is 0.181 e. The maximum atomic E-state index is 4.31. The number of imidazole rings is 1. The SMILES string of the molecule is CCCSc1nc2ncncc2[nH]1. The summed E-state index contributed by atoms with van der Waals surface area (Å²) in [6, 6.07) is 0. The molecule has 0 spiro atoms. The third kappa shape index (κ3) is 1.80. The predicted molar refractivity (Wildman–Crippen MR) is 52.7 cm³/mol. The molecule has 0 amide bonds. The molecule has 4 nitrogen and oxygen atoms in total. The second-order valence-corrected chi connectivity index (χ2v) is 3.73. The lowest BCUT2D eigenvalue weighted by Gasteiger charge is -1.90. The number of rotatable bonds is 3. The molecule has 0 bridgehead atoms. The van der Waals surface area contributed by atoms with Gasteiger partial charge in [-0.3, -0.25) is 0 Å². The topological polar surface area (TPSA) is 54.5 Å². The van der Waals surface area contributed by atoms with Crippen LogP contribution in [0, 0.1) is 0 Å². The number of thioether (sulfide) groups is 1. The highest BCUT2D eigenvalue weighted by Crippen LogP contribution is 2.17. The number of aromatic amines is 1. The van der Waals surface area contributed by atoms with Gasteiger partial charge in [0.2, 0.25) is 0 Å². The highest BCUT2D eigenvalue weighted by Gasteiger charge is 2.02. The molecule has 0 aliphatic rings. The van der Waals surface area contributed by atoms with E-state index in [0.717, 1.165) is 28.5 Å². The number of nitrogens with zero attached hydrogens (tertiary/aromatic N) is 3. The molecule has 2 aromatic heterocycles. The number of nitrogens with one attached hydrogen (secondary N) is 1. The van der Waals surface area contributed by atoms with Gasteiger partial charge < -0.3 is 4.98 Å². The Hall–Kier alpha value is -1.10. The standard InChI is InChI=1S/C8H10N4S/c1-2-3-13-8-11-6-4-9-5-10-7(6)12-8/h4-5H,2-3H2,1H3,(H,9,10,11,12). The second-order valence-electron chi connectivity index (χ2n) is 2.65. The number of H-pyrrole nitrogens is 1. The van der Waals surface area contributed by atoms with Gasteiger partial charge in [-0.2, -0.15) is 0 Å². The van der Waals surface area contributed by atoms with Crippen LogP contribution in [0.2, 0.25) is 0 Å². The zero-order valence-electron chi connectivity index (χ0n) is 7.32. The molecule has 0 aromatic carbocycles. The Balaban J connectivity index is 2.28. The Morgan fingerprint density at radius 2 is 2.46 bits per heavy atom. The highest BCUT2D eigenvalue weighted by atomic mass is 32.2. The van der Waals surface area contributed by atoms with E-state index in [0.29, 0.717) is 0 Å². The zero-order valence-corrected chi connectivity index (χ0v) is 8.14. The van der Waals surface area contributed by atoms with Crippen LogP contribution >= 0.6 is 11.8 Å². The van der Waals surface area contributed by atoms with Gasteiger partial charge in [0.05, 0.1) is 6.20 Å². The highest BCUT2D eigenvalue weighted by molar-refractivity contribution is 7.99. The summed E-state index contributed by atoms with van der Waals surface area (Å²) in [7, 11) is 0. The molecule has 0 aliphatic carbocycles. The van der Waals surface area contributed by atoms with E-state index < -0.39 is 0 Å². The van der Waals surface area contributed by atoms with Crippen molar-refractivity contribution in [2.45, 2.75) is 18.5 Å². The Morgan fingerprint density at radius 1 is 1.54 bits per heavy atom. The summed E-state index contributed by atoms with van der Waals surface area (Å²) < 4.78 is 0. The quantitative estimate of drug-likeness (QED) is 0.758. The van der Waals surface area contributed by atoms with Crippen molar-refractivity contribution in [2.75, 3.05) is 5.75 Å². The van der Waals surface area contributed by atoms with Crippen LogP contribution < -0.4 is 0 Å². The Labute approximate surface area is 80.2 Å². The fraction of sp³-hybridized carbons (Fsp3) is 0.375. The zero-order chi connectivity index (χ0) is 9.10. The van der Waals surface area contributed by atoms with Crippen LogP contribution in [0.5, 0.6) is 0 Å². The molecular formula is C8H10N4S. The molecule has 0 radical (unpaired) electrons. The molecule has 0 fully saturated rings. The molecule has 68 valence electrons. The maximum absolute atomic E-state index is 4.31. The van der Waals surface area contributed by atoms with Gasteiger partial charge in [-0.25, -0.2) is 15.0 Å². The molecule has 2 rings (SSSR count). The molecular weight excluding hydrogens is 184 g/mol. The fourth-order valence-electron chi connectivity index (χ4n) is 1.01. The lowest BCUT2D eigenvalue weighted by molar-refractivity contribution is 1.05. The first-order valence-electron chi connectivity index (χ1n) is 4.18. The van der Waals surface area contributed by atoms with Gasteiger partial charge in [-0.05, 0) is 6.42 Å². The van der Waals surface area contributed by atoms with Crippen molar-refractivity contribution >= 4 is 22.9 Å². The molecule has 0 unspecified atom stereocenters. The van der Waals surface area contributed by atoms with Gasteiger partial charge in [0, 0.05) is 5.75 Å². The van der Waals surface area contributed by atoms with Gasteiger partial charge in [-0.15, -0.1) is 0 Å². The van der Waals surface area contributed by atoms with E-state index >= 15 is 0 Å². The molecule has 5 heteroatoms. The van der Waals surface area contributed by atoms with E-state index in [1.165, 1.54) is 6.33 Å². The van der Waals surface area contributed by atoms with Crippen molar-refractivity contribution in [1.82, 2.24) is 19.9 Å². The van der Waals surface area contributed by atoms with Crippen LogP contribution in [0.15, 0.2) is 17.7 Å². The van der Waals surface area contributed by atoms with Crippen molar-refractivity contribution in [3.05, 3.63) is 12.5 Å². The number of fused-ring (bicyclic) bond motifs is 1. The van der Waals surface area contributed by atoms with Gasteiger partial charge in [0.1, 0.15) is 11.8 Å². The lowest BCUT2D eigenvalue weighted by atomic mass is 10.6. The minimum atomic E-state index is 0.744.